The summed E-state index contributed by atoms with van der Waals surface area (Å²) in [6.07, 6.45) is -8.23. The Balaban J connectivity index is 1.95. The van der Waals surface area contributed by atoms with E-state index in [1.165, 1.54) is 0 Å². The Morgan fingerprint density at radius 2 is 1.71 bits per heavy atom. The minimum Gasteiger partial charge on any atom is -0.424 e. The van der Waals surface area contributed by atoms with Crippen molar-refractivity contribution in [1.29, 1.82) is 0 Å². The van der Waals surface area contributed by atoms with Crippen molar-refractivity contribution in [3.8, 4) is 0 Å². The lowest BCUT2D eigenvalue weighted by atomic mass is 10.1. The van der Waals surface area contributed by atoms with E-state index in [9.17, 15) is 26.3 Å². The van der Waals surface area contributed by atoms with E-state index < -0.39 is 24.2 Å². The number of alkyl halides is 6. The van der Waals surface area contributed by atoms with Gasteiger partial charge in [-0.2, -0.15) is 26.3 Å². The zero-order valence-corrected chi connectivity index (χ0v) is 10.8. The highest BCUT2D eigenvalue weighted by Crippen LogP contribution is 2.45. The fraction of sp³-hybridized carbons (Fsp3) is 0.818. The van der Waals surface area contributed by atoms with Crippen LogP contribution in [0.15, 0.2) is 4.42 Å². The number of aromatic nitrogens is 2. The monoisotopic (exact) mass is 317 g/mol. The molecule has 1 aliphatic rings. The SMILES string of the molecule is FC(F)(F)C(c1nnc(CCCNC2CC2)o1)C(F)(F)F. The van der Waals surface area contributed by atoms with Crippen molar-refractivity contribution in [1.82, 2.24) is 15.5 Å². The summed E-state index contributed by atoms with van der Waals surface area (Å²) in [5, 5.41) is 9.31. The molecule has 1 N–H and O–H groups in total. The van der Waals surface area contributed by atoms with Crippen LogP contribution in [-0.4, -0.2) is 35.1 Å². The average molecular weight is 317 g/mol. The molecule has 4 nitrogen and oxygen atoms in total. The van der Waals surface area contributed by atoms with Crippen LogP contribution in [0.5, 0.6) is 0 Å². The molecule has 1 aliphatic carbocycles. The molecular weight excluding hydrogens is 304 g/mol. The number of halogens is 6. The van der Waals surface area contributed by atoms with Crippen molar-refractivity contribution >= 4 is 0 Å². The van der Waals surface area contributed by atoms with E-state index >= 15 is 0 Å². The molecule has 0 aromatic carbocycles. The number of rotatable bonds is 6. The number of nitrogens with one attached hydrogen (secondary N) is 1. The summed E-state index contributed by atoms with van der Waals surface area (Å²) in [7, 11) is 0. The van der Waals surface area contributed by atoms with Gasteiger partial charge in [-0.05, 0) is 25.8 Å². The van der Waals surface area contributed by atoms with E-state index in [0.717, 1.165) is 12.8 Å². The molecule has 1 aromatic heterocycles. The molecule has 10 heteroatoms. The highest BCUT2D eigenvalue weighted by Gasteiger charge is 2.60. The van der Waals surface area contributed by atoms with Crippen LogP contribution in [0.3, 0.4) is 0 Å². The lowest BCUT2D eigenvalue weighted by Gasteiger charge is -2.19. The number of hydrogen-bond donors (Lipinski definition) is 1. The van der Waals surface area contributed by atoms with Gasteiger partial charge in [0.25, 0.3) is 0 Å². The average Bonchev–Trinajstić information content (AvgIpc) is 3.02. The van der Waals surface area contributed by atoms with Crippen LogP contribution in [0.1, 0.15) is 37.0 Å². The maximum Gasteiger partial charge on any atom is 0.409 e. The zero-order valence-electron chi connectivity index (χ0n) is 10.8. The van der Waals surface area contributed by atoms with Crippen LogP contribution in [-0.2, 0) is 6.42 Å². The number of hydrogen-bond acceptors (Lipinski definition) is 4. The molecule has 120 valence electrons. The Bertz CT molecular complexity index is 451. The molecule has 0 amide bonds. The molecule has 0 atom stereocenters. The van der Waals surface area contributed by atoms with Crippen LogP contribution in [0.4, 0.5) is 26.3 Å². The van der Waals surface area contributed by atoms with E-state index in [1.54, 1.807) is 0 Å². The molecule has 1 saturated carbocycles. The summed E-state index contributed by atoms with van der Waals surface area (Å²) in [5.41, 5.74) is 0. The molecule has 0 spiro atoms. The van der Waals surface area contributed by atoms with Crippen LogP contribution in [0, 0.1) is 0 Å². The van der Waals surface area contributed by atoms with Crippen molar-refractivity contribution in [3.63, 3.8) is 0 Å². The maximum atomic E-state index is 12.5. The first-order valence-electron chi connectivity index (χ1n) is 6.37. The number of aryl methyl sites for hydroxylation is 1. The fourth-order valence-corrected chi connectivity index (χ4v) is 1.78. The van der Waals surface area contributed by atoms with E-state index in [2.05, 4.69) is 19.9 Å². The topological polar surface area (TPSA) is 51.0 Å². The molecule has 1 heterocycles. The minimum atomic E-state index is -5.52. The van der Waals surface area contributed by atoms with Crippen molar-refractivity contribution in [3.05, 3.63) is 11.8 Å². The van der Waals surface area contributed by atoms with Gasteiger partial charge in [0.2, 0.25) is 17.7 Å². The second-order valence-electron chi connectivity index (χ2n) is 4.88. The Labute approximate surface area is 115 Å². The molecule has 1 fully saturated rings. The molecule has 1 aromatic rings. The van der Waals surface area contributed by atoms with Crippen molar-refractivity contribution in [2.24, 2.45) is 0 Å². The van der Waals surface area contributed by atoms with Gasteiger partial charge in [-0.25, -0.2) is 0 Å². The first-order valence-corrected chi connectivity index (χ1v) is 6.37. The van der Waals surface area contributed by atoms with E-state index in [4.69, 9.17) is 0 Å². The van der Waals surface area contributed by atoms with E-state index in [0.29, 0.717) is 19.0 Å². The summed E-state index contributed by atoms with van der Waals surface area (Å²) < 4.78 is 79.3. The van der Waals surface area contributed by atoms with Gasteiger partial charge in [0, 0.05) is 12.5 Å². The van der Waals surface area contributed by atoms with Gasteiger partial charge < -0.3 is 9.73 Å². The van der Waals surface area contributed by atoms with Crippen LogP contribution in [0.25, 0.3) is 0 Å². The molecule has 0 aliphatic heterocycles. The molecular formula is C11H13F6N3O. The van der Waals surface area contributed by atoms with Crippen LogP contribution >= 0.6 is 0 Å². The van der Waals surface area contributed by atoms with Gasteiger partial charge in [0.1, 0.15) is 0 Å². The van der Waals surface area contributed by atoms with Gasteiger partial charge >= 0.3 is 12.4 Å². The largest absolute Gasteiger partial charge is 0.424 e. The van der Waals surface area contributed by atoms with Crippen molar-refractivity contribution in [2.45, 2.75) is 50.0 Å². The van der Waals surface area contributed by atoms with Crippen molar-refractivity contribution < 1.29 is 30.8 Å². The fourth-order valence-electron chi connectivity index (χ4n) is 1.78. The second-order valence-corrected chi connectivity index (χ2v) is 4.88. The third kappa shape index (κ3) is 4.58. The van der Waals surface area contributed by atoms with E-state index in [-0.39, 0.29) is 12.3 Å². The Morgan fingerprint density at radius 1 is 1.10 bits per heavy atom. The third-order valence-corrected chi connectivity index (χ3v) is 2.96. The lowest BCUT2D eigenvalue weighted by Crippen LogP contribution is -2.34. The highest BCUT2D eigenvalue weighted by atomic mass is 19.4. The lowest BCUT2D eigenvalue weighted by molar-refractivity contribution is -0.258. The summed E-state index contributed by atoms with van der Waals surface area (Å²) >= 11 is 0. The van der Waals surface area contributed by atoms with Crippen LogP contribution in [0.2, 0.25) is 0 Å². The normalized spacial score (nSPS) is 16.7. The standard InChI is InChI=1S/C11H13F6N3O/c12-10(13,14)8(11(15,16)17)9-20-19-7(21-9)2-1-5-18-6-3-4-6/h6,8,18H,1-5H2. The molecule has 0 radical (unpaired) electrons. The third-order valence-electron chi connectivity index (χ3n) is 2.96. The Hall–Kier alpha value is -1.32. The van der Waals surface area contributed by atoms with Gasteiger partial charge in [-0.15, -0.1) is 10.2 Å². The predicted octanol–water partition coefficient (Wildman–Crippen LogP) is 2.96. The summed E-state index contributed by atoms with van der Waals surface area (Å²) in [6.45, 7) is 0.602. The van der Waals surface area contributed by atoms with Gasteiger partial charge in [-0.1, -0.05) is 0 Å². The molecule has 0 unspecified atom stereocenters. The molecule has 2 rings (SSSR count). The molecule has 0 saturated heterocycles. The quantitative estimate of drug-likeness (QED) is 0.647. The Kier molecular flexibility index (Phi) is 4.45. The smallest absolute Gasteiger partial charge is 0.409 e. The predicted molar refractivity (Wildman–Crippen MR) is 58.5 cm³/mol. The second kappa shape index (κ2) is 5.82. The van der Waals surface area contributed by atoms with Gasteiger partial charge in [0.15, 0.2) is 0 Å². The van der Waals surface area contributed by atoms with E-state index in [1.807, 2.05) is 0 Å². The highest BCUT2D eigenvalue weighted by molar-refractivity contribution is 5.00. The Morgan fingerprint density at radius 3 is 2.24 bits per heavy atom. The summed E-state index contributed by atoms with van der Waals surface area (Å²) in [4.78, 5) is 0. The van der Waals surface area contributed by atoms with Gasteiger partial charge in [0.05, 0.1) is 0 Å². The first kappa shape index (κ1) is 16.1. The van der Waals surface area contributed by atoms with Gasteiger partial charge in [-0.3, -0.25) is 0 Å². The number of nitrogens with zero attached hydrogens (tertiary/aromatic N) is 2. The first-order chi connectivity index (χ1) is 9.68. The molecule has 21 heavy (non-hydrogen) atoms. The zero-order chi connectivity index (χ0) is 15.7. The van der Waals surface area contributed by atoms with Crippen LogP contribution < -0.4 is 5.32 Å². The summed E-state index contributed by atoms with van der Waals surface area (Å²) in [5.74, 6) is -5.42. The minimum absolute atomic E-state index is 0.134. The maximum absolute atomic E-state index is 12.5. The summed E-state index contributed by atoms with van der Waals surface area (Å²) in [6, 6.07) is 0.475. The molecule has 0 bridgehead atoms. The van der Waals surface area contributed by atoms with Crippen molar-refractivity contribution in [2.75, 3.05) is 6.54 Å².